The molecule has 0 saturated carbocycles. The number of aromatic nitrogens is 4. The second-order valence-electron chi connectivity index (χ2n) is 7.11. The van der Waals surface area contributed by atoms with Gasteiger partial charge in [0.1, 0.15) is 5.69 Å². The highest BCUT2D eigenvalue weighted by Crippen LogP contribution is 2.34. The van der Waals surface area contributed by atoms with E-state index in [0.717, 1.165) is 16.7 Å². The summed E-state index contributed by atoms with van der Waals surface area (Å²) in [6, 6.07) is 5.72. The Bertz CT molecular complexity index is 1260. The van der Waals surface area contributed by atoms with Gasteiger partial charge in [-0.1, -0.05) is 34.4 Å². The number of nitrogens with zero attached hydrogens (tertiary/aromatic N) is 4. The highest BCUT2D eigenvalue weighted by molar-refractivity contribution is 6.33. The third-order valence-corrected chi connectivity index (χ3v) is 4.99. The molecule has 6 nitrogen and oxygen atoms in total. The molecule has 0 amide bonds. The number of alkyl halides is 3. The Morgan fingerprint density at radius 1 is 1.00 bits per heavy atom. The van der Waals surface area contributed by atoms with Crippen molar-refractivity contribution in [1.29, 1.82) is 0 Å². The minimum absolute atomic E-state index is 0.0130. The fourth-order valence-corrected chi connectivity index (χ4v) is 3.35. The lowest BCUT2D eigenvalue weighted by Crippen LogP contribution is -2.15. The largest absolute Gasteiger partial charge is 0.417 e. The van der Waals surface area contributed by atoms with E-state index in [4.69, 9.17) is 27.7 Å². The van der Waals surface area contributed by atoms with Crippen LogP contribution in [0.1, 0.15) is 25.0 Å². The minimum Gasteiger partial charge on any atom is -0.386 e. The number of hydrogen-bond donors (Lipinski definition) is 1. The van der Waals surface area contributed by atoms with Crippen LogP contribution in [0.15, 0.2) is 41.2 Å². The van der Waals surface area contributed by atoms with Crippen LogP contribution in [0.4, 0.5) is 13.2 Å². The maximum absolute atomic E-state index is 13.0. The van der Waals surface area contributed by atoms with Crippen LogP contribution >= 0.6 is 23.2 Å². The normalized spacial score (nSPS) is 12.7. The second kappa shape index (κ2) is 6.97. The van der Waals surface area contributed by atoms with Gasteiger partial charge in [-0.2, -0.15) is 18.2 Å². The van der Waals surface area contributed by atoms with E-state index in [1.54, 1.807) is 32.0 Å². The van der Waals surface area contributed by atoms with Crippen molar-refractivity contribution in [3.8, 4) is 23.0 Å². The number of hydrogen-bond acceptors (Lipinski definition) is 5. The monoisotopic (exact) mass is 456 g/mol. The lowest BCUT2D eigenvalue weighted by atomic mass is 9.97. The molecule has 4 rings (SSSR count). The Balaban J connectivity index is 1.72. The van der Waals surface area contributed by atoms with Gasteiger partial charge in [0.25, 0.3) is 5.89 Å². The summed E-state index contributed by atoms with van der Waals surface area (Å²) in [5.41, 5.74) is -0.647. The van der Waals surface area contributed by atoms with Crippen LogP contribution in [0.25, 0.3) is 28.6 Å². The highest BCUT2D eigenvalue weighted by atomic mass is 35.5. The van der Waals surface area contributed by atoms with Crippen molar-refractivity contribution in [3.05, 3.63) is 57.8 Å². The lowest BCUT2D eigenvalue weighted by molar-refractivity contribution is -0.137. The SMILES string of the molecule is CC(C)(O)c1ccc(-c2noc(-c3cn4cc(C(F)(F)F)cc(Cl)c4n3)n2)c(Cl)c1. The first-order valence-corrected chi connectivity index (χ1v) is 9.31. The molecule has 4 aromatic rings. The molecule has 0 aliphatic carbocycles. The van der Waals surface area contributed by atoms with Gasteiger partial charge in [-0.05, 0) is 37.6 Å². The zero-order chi connectivity index (χ0) is 21.8. The molecule has 1 aromatic carbocycles. The first kappa shape index (κ1) is 20.6. The van der Waals surface area contributed by atoms with E-state index < -0.39 is 17.3 Å². The number of rotatable bonds is 3. The van der Waals surface area contributed by atoms with Crippen LogP contribution in [0.3, 0.4) is 0 Å². The maximum Gasteiger partial charge on any atom is 0.417 e. The maximum atomic E-state index is 13.0. The molecule has 156 valence electrons. The first-order chi connectivity index (χ1) is 13.9. The van der Waals surface area contributed by atoms with Gasteiger partial charge in [0, 0.05) is 18.0 Å². The molecule has 11 heteroatoms. The average Bonchev–Trinajstić information content (AvgIpc) is 3.26. The summed E-state index contributed by atoms with van der Waals surface area (Å²) in [5.74, 6) is 0.150. The standard InChI is InChI=1S/C19H13Cl2F3N4O2/c1-18(2,29)9-3-4-11(12(20)5-9)15-26-17(30-27-15)14-8-28-7-10(19(22,23)24)6-13(21)16(28)25-14/h3-8,29H,1-2H3. The number of halogens is 5. The number of benzene rings is 1. The topological polar surface area (TPSA) is 76.5 Å². The zero-order valence-corrected chi connectivity index (χ0v) is 17.0. The Kier molecular flexibility index (Phi) is 4.80. The number of fused-ring (bicyclic) bond motifs is 1. The predicted octanol–water partition coefficient (Wildman–Crippen LogP) is 5.60. The summed E-state index contributed by atoms with van der Waals surface area (Å²) in [6.45, 7) is 3.26. The quantitative estimate of drug-likeness (QED) is 0.433. The highest BCUT2D eigenvalue weighted by Gasteiger charge is 2.32. The van der Waals surface area contributed by atoms with Crippen molar-refractivity contribution >= 4 is 28.8 Å². The molecule has 0 aliphatic heterocycles. The molecule has 30 heavy (non-hydrogen) atoms. The van der Waals surface area contributed by atoms with E-state index in [0.29, 0.717) is 16.1 Å². The molecule has 0 unspecified atom stereocenters. The van der Waals surface area contributed by atoms with E-state index in [2.05, 4.69) is 15.1 Å². The number of aliphatic hydroxyl groups is 1. The zero-order valence-electron chi connectivity index (χ0n) is 15.5. The van der Waals surface area contributed by atoms with E-state index in [1.165, 1.54) is 6.20 Å². The molecule has 3 aromatic heterocycles. The van der Waals surface area contributed by atoms with Gasteiger partial charge in [-0.15, -0.1) is 0 Å². The number of pyridine rings is 1. The van der Waals surface area contributed by atoms with Gasteiger partial charge in [0.2, 0.25) is 5.82 Å². The first-order valence-electron chi connectivity index (χ1n) is 8.56. The summed E-state index contributed by atoms with van der Waals surface area (Å²) in [4.78, 5) is 8.42. The molecular weight excluding hydrogens is 444 g/mol. The van der Waals surface area contributed by atoms with Crippen molar-refractivity contribution < 1.29 is 22.8 Å². The molecule has 1 N–H and O–H groups in total. The molecule has 0 spiro atoms. The van der Waals surface area contributed by atoms with Crippen LogP contribution in [0, 0.1) is 0 Å². The fourth-order valence-electron chi connectivity index (χ4n) is 2.83. The smallest absolute Gasteiger partial charge is 0.386 e. The fraction of sp³-hybridized carbons (Fsp3) is 0.211. The number of imidazole rings is 1. The van der Waals surface area contributed by atoms with E-state index >= 15 is 0 Å². The molecule has 3 heterocycles. The average molecular weight is 457 g/mol. The Morgan fingerprint density at radius 3 is 2.33 bits per heavy atom. The summed E-state index contributed by atoms with van der Waals surface area (Å²) in [7, 11) is 0. The van der Waals surface area contributed by atoms with Gasteiger partial charge in [-0.3, -0.25) is 0 Å². The molecule has 0 atom stereocenters. The van der Waals surface area contributed by atoms with Gasteiger partial charge in [0.15, 0.2) is 5.65 Å². The van der Waals surface area contributed by atoms with Crippen LogP contribution in [0.2, 0.25) is 10.0 Å². The Morgan fingerprint density at radius 2 is 1.70 bits per heavy atom. The summed E-state index contributed by atoms with van der Waals surface area (Å²) in [6.07, 6.45) is -2.36. The van der Waals surface area contributed by atoms with Gasteiger partial charge in [-0.25, -0.2) is 4.98 Å². The van der Waals surface area contributed by atoms with Crippen LogP contribution in [-0.4, -0.2) is 24.6 Å². The molecule has 0 fully saturated rings. The molecule has 0 bridgehead atoms. The van der Waals surface area contributed by atoms with E-state index in [9.17, 15) is 18.3 Å². The van der Waals surface area contributed by atoms with Gasteiger partial charge < -0.3 is 14.0 Å². The van der Waals surface area contributed by atoms with Crippen LogP contribution in [0.5, 0.6) is 0 Å². The minimum atomic E-state index is -4.55. The molecular formula is C19H13Cl2F3N4O2. The van der Waals surface area contributed by atoms with Crippen molar-refractivity contribution in [2.75, 3.05) is 0 Å². The van der Waals surface area contributed by atoms with Crippen LogP contribution in [-0.2, 0) is 11.8 Å². The van der Waals surface area contributed by atoms with Crippen molar-refractivity contribution in [2.24, 2.45) is 0 Å². The Hall–Kier alpha value is -2.62. The molecule has 0 aliphatic rings. The second-order valence-corrected chi connectivity index (χ2v) is 7.92. The van der Waals surface area contributed by atoms with Crippen molar-refractivity contribution in [1.82, 2.24) is 19.5 Å². The molecule has 0 radical (unpaired) electrons. The summed E-state index contributed by atoms with van der Waals surface area (Å²) in [5, 5.41) is 14.1. The third-order valence-electron chi connectivity index (χ3n) is 4.40. The summed E-state index contributed by atoms with van der Waals surface area (Å²) < 4.78 is 45.3. The third kappa shape index (κ3) is 3.76. The van der Waals surface area contributed by atoms with Gasteiger partial charge >= 0.3 is 6.18 Å². The van der Waals surface area contributed by atoms with Crippen LogP contribution < -0.4 is 0 Å². The van der Waals surface area contributed by atoms with Crippen molar-refractivity contribution in [2.45, 2.75) is 25.6 Å². The van der Waals surface area contributed by atoms with E-state index in [1.807, 2.05) is 0 Å². The summed E-state index contributed by atoms with van der Waals surface area (Å²) >= 11 is 12.2. The van der Waals surface area contributed by atoms with Gasteiger partial charge in [0.05, 0.1) is 21.2 Å². The predicted molar refractivity (Wildman–Crippen MR) is 104 cm³/mol. The van der Waals surface area contributed by atoms with Crippen molar-refractivity contribution in [3.63, 3.8) is 0 Å². The van der Waals surface area contributed by atoms with E-state index in [-0.39, 0.29) is 28.1 Å². The molecule has 0 saturated heterocycles. The Labute approximate surface area is 177 Å². The lowest BCUT2D eigenvalue weighted by Gasteiger charge is -2.18.